The minimum Gasteiger partial charge on any atom is -0.493 e. The summed E-state index contributed by atoms with van der Waals surface area (Å²) in [6.07, 6.45) is 0.859. The second kappa shape index (κ2) is 4.38. The average molecular weight is 260 g/mol. The number of rotatable bonds is 1. The number of nitrogen functional groups attached to an aromatic ring is 1. The molecule has 1 aromatic heterocycles. The van der Waals surface area contributed by atoms with Crippen LogP contribution in [0.1, 0.15) is 17.3 Å². The molecule has 5 nitrogen and oxygen atoms in total. The van der Waals surface area contributed by atoms with Crippen LogP contribution in [0.5, 0.6) is 5.75 Å². The van der Waals surface area contributed by atoms with E-state index in [0.29, 0.717) is 12.6 Å². The Morgan fingerprint density at radius 1 is 1.33 bits per heavy atom. The zero-order valence-corrected chi connectivity index (χ0v) is 10.4. The highest BCUT2D eigenvalue weighted by Crippen LogP contribution is 2.30. The highest BCUT2D eigenvalue weighted by atomic mass is 32.1. The van der Waals surface area contributed by atoms with Gasteiger partial charge in [-0.2, -0.15) is 4.98 Å². The fourth-order valence-electron chi connectivity index (χ4n) is 2.12. The fraction of sp³-hybridized carbons (Fsp3) is 0.250. The molecule has 2 aromatic rings. The Morgan fingerprint density at radius 3 is 3.00 bits per heavy atom. The number of anilines is 1. The molecule has 18 heavy (non-hydrogen) atoms. The molecule has 0 aliphatic carbocycles. The van der Waals surface area contributed by atoms with Crippen LogP contribution in [0.4, 0.5) is 5.95 Å². The molecule has 1 aliphatic heterocycles. The maximum absolute atomic E-state index is 5.71. The van der Waals surface area contributed by atoms with Crippen molar-refractivity contribution in [3.8, 4) is 5.75 Å². The van der Waals surface area contributed by atoms with E-state index in [0.717, 1.165) is 18.0 Å². The number of ether oxygens (including phenoxy) is 1. The van der Waals surface area contributed by atoms with Crippen molar-refractivity contribution in [3.63, 3.8) is 0 Å². The molecular weight excluding hydrogens is 248 g/mol. The number of hydrogen-bond acceptors (Lipinski definition) is 5. The van der Waals surface area contributed by atoms with Crippen LogP contribution in [-0.4, -0.2) is 21.6 Å². The molecule has 0 amide bonds. The standard InChI is InChI=1S/C12H12N4OS/c13-11-14-10(15-12(18)16-11)8-5-7-3-1-2-4-9(7)17-6-8/h1-4,8H,5-6H2,(H3,13,14,15,16,18). The minimum absolute atomic E-state index is 0.131. The summed E-state index contributed by atoms with van der Waals surface area (Å²) in [5, 5.41) is 0. The third-order valence-corrected chi connectivity index (χ3v) is 3.14. The molecule has 0 bridgehead atoms. The predicted octanol–water partition coefficient (Wildman–Crippen LogP) is 1.84. The Kier molecular flexibility index (Phi) is 2.71. The molecule has 92 valence electrons. The van der Waals surface area contributed by atoms with Crippen LogP contribution in [-0.2, 0) is 6.42 Å². The molecule has 2 heterocycles. The van der Waals surface area contributed by atoms with Crippen LogP contribution < -0.4 is 10.5 Å². The monoisotopic (exact) mass is 260 g/mol. The van der Waals surface area contributed by atoms with Crippen molar-refractivity contribution in [3.05, 3.63) is 40.4 Å². The SMILES string of the molecule is Nc1nc(=S)nc(C2COc3ccccc3C2)[nH]1. The number of para-hydroxylation sites is 1. The van der Waals surface area contributed by atoms with Gasteiger partial charge in [-0.25, -0.2) is 4.98 Å². The second-order valence-corrected chi connectivity index (χ2v) is 4.59. The Morgan fingerprint density at radius 2 is 2.17 bits per heavy atom. The van der Waals surface area contributed by atoms with E-state index in [1.807, 2.05) is 18.2 Å². The van der Waals surface area contributed by atoms with Crippen molar-refractivity contribution in [2.45, 2.75) is 12.3 Å². The summed E-state index contributed by atoms with van der Waals surface area (Å²) in [5.41, 5.74) is 6.82. The zero-order chi connectivity index (χ0) is 12.5. The number of benzene rings is 1. The van der Waals surface area contributed by atoms with Gasteiger partial charge in [0.25, 0.3) is 0 Å². The molecule has 3 rings (SSSR count). The van der Waals surface area contributed by atoms with Crippen molar-refractivity contribution in [1.29, 1.82) is 0 Å². The van der Waals surface area contributed by atoms with Gasteiger partial charge in [-0.1, -0.05) is 18.2 Å². The van der Waals surface area contributed by atoms with Gasteiger partial charge >= 0.3 is 0 Å². The predicted molar refractivity (Wildman–Crippen MR) is 70.0 cm³/mol. The van der Waals surface area contributed by atoms with Gasteiger partial charge in [0, 0.05) is 0 Å². The van der Waals surface area contributed by atoms with Crippen molar-refractivity contribution in [2.24, 2.45) is 0 Å². The van der Waals surface area contributed by atoms with E-state index in [4.69, 9.17) is 22.7 Å². The van der Waals surface area contributed by atoms with Gasteiger partial charge in [-0.3, -0.25) is 0 Å². The van der Waals surface area contributed by atoms with Crippen molar-refractivity contribution < 1.29 is 4.74 Å². The van der Waals surface area contributed by atoms with Crippen LogP contribution in [0, 0.1) is 4.77 Å². The molecule has 1 unspecified atom stereocenters. The summed E-state index contributed by atoms with van der Waals surface area (Å²) in [7, 11) is 0. The van der Waals surface area contributed by atoms with Crippen LogP contribution in [0.3, 0.4) is 0 Å². The van der Waals surface area contributed by atoms with E-state index in [9.17, 15) is 0 Å². The largest absolute Gasteiger partial charge is 0.493 e. The Balaban J connectivity index is 1.94. The van der Waals surface area contributed by atoms with Crippen molar-refractivity contribution in [1.82, 2.24) is 15.0 Å². The quantitative estimate of drug-likeness (QED) is 0.765. The van der Waals surface area contributed by atoms with E-state index in [1.165, 1.54) is 5.56 Å². The van der Waals surface area contributed by atoms with Gasteiger partial charge < -0.3 is 15.5 Å². The maximum Gasteiger partial charge on any atom is 0.224 e. The maximum atomic E-state index is 5.71. The van der Waals surface area contributed by atoms with E-state index < -0.39 is 0 Å². The average Bonchev–Trinajstić information content (AvgIpc) is 2.37. The Hall–Kier alpha value is -1.95. The molecule has 1 aromatic carbocycles. The first-order valence-corrected chi connectivity index (χ1v) is 6.07. The molecule has 1 aliphatic rings. The topological polar surface area (TPSA) is 76.8 Å². The number of fused-ring (bicyclic) bond motifs is 1. The smallest absolute Gasteiger partial charge is 0.224 e. The number of aromatic amines is 1. The first-order chi connectivity index (χ1) is 8.72. The van der Waals surface area contributed by atoms with Gasteiger partial charge in [-0.05, 0) is 30.3 Å². The summed E-state index contributed by atoms with van der Waals surface area (Å²) in [4.78, 5) is 11.0. The third-order valence-electron chi connectivity index (χ3n) is 2.95. The number of H-pyrrole nitrogens is 1. The normalized spacial score (nSPS) is 17.9. The zero-order valence-electron chi connectivity index (χ0n) is 9.59. The molecule has 0 radical (unpaired) electrons. The van der Waals surface area contributed by atoms with Crippen LogP contribution in [0.15, 0.2) is 24.3 Å². The van der Waals surface area contributed by atoms with Gasteiger partial charge in [0.1, 0.15) is 11.6 Å². The van der Waals surface area contributed by atoms with Gasteiger partial charge in [-0.15, -0.1) is 0 Å². The molecule has 0 saturated heterocycles. The first-order valence-electron chi connectivity index (χ1n) is 5.67. The molecule has 0 saturated carbocycles. The van der Waals surface area contributed by atoms with Crippen LogP contribution in [0.25, 0.3) is 0 Å². The molecular formula is C12H12N4OS. The highest BCUT2D eigenvalue weighted by Gasteiger charge is 2.23. The Labute approximate surface area is 109 Å². The third kappa shape index (κ3) is 2.06. The number of nitrogens with zero attached hydrogens (tertiary/aromatic N) is 2. The number of aromatic nitrogens is 3. The highest BCUT2D eigenvalue weighted by molar-refractivity contribution is 7.71. The van der Waals surface area contributed by atoms with Crippen molar-refractivity contribution >= 4 is 18.2 Å². The molecule has 0 fully saturated rings. The van der Waals surface area contributed by atoms with Gasteiger partial charge in [0.2, 0.25) is 10.7 Å². The first kappa shape index (κ1) is 11.2. The molecule has 0 spiro atoms. The van der Waals surface area contributed by atoms with E-state index in [1.54, 1.807) is 0 Å². The molecule has 1 atom stereocenters. The van der Waals surface area contributed by atoms with Gasteiger partial charge in [0.15, 0.2) is 0 Å². The lowest BCUT2D eigenvalue weighted by atomic mass is 9.96. The Bertz CT molecular complexity index is 640. The van der Waals surface area contributed by atoms with E-state index >= 15 is 0 Å². The summed E-state index contributed by atoms with van der Waals surface area (Å²) in [6, 6.07) is 8.00. The molecule has 3 N–H and O–H groups in total. The molecule has 6 heteroatoms. The lowest BCUT2D eigenvalue weighted by molar-refractivity contribution is 0.257. The summed E-state index contributed by atoms with van der Waals surface area (Å²) < 4.78 is 5.98. The lowest BCUT2D eigenvalue weighted by Gasteiger charge is -2.24. The minimum atomic E-state index is 0.131. The number of nitrogens with one attached hydrogen (secondary N) is 1. The summed E-state index contributed by atoms with van der Waals surface area (Å²) in [6.45, 7) is 0.568. The van der Waals surface area contributed by atoms with Crippen molar-refractivity contribution in [2.75, 3.05) is 12.3 Å². The van der Waals surface area contributed by atoms with Gasteiger partial charge in [0.05, 0.1) is 12.5 Å². The summed E-state index contributed by atoms with van der Waals surface area (Å²) in [5.74, 6) is 2.10. The van der Waals surface area contributed by atoms with Crippen LogP contribution >= 0.6 is 12.2 Å². The fourth-order valence-corrected chi connectivity index (χ4v) is 2.31. The summed E-state index contributed by atoms with van der Waals surface area (Å²) >= 11 is 4.97. The van der Waals surface area contributed by atoms with E-state index in [2.05, 4.69) is 21.0 Å². The number of nitrogens with two attached hydrogens (primary N) is 1. The second-order valence-electron chi connectivity index (χ2n) is 4.22. The number of hydrogen-bond donors (Lipinski definition) is 2. The van der Waals surface area contributed by atoms with Crippen LogP contribution in [0.2, 0.25) is 0 Å². The lowest BCUT2D eigenvalue weighted by Crippen LogP contribution is -2.21. The van der Waals surface area contributed by atoms with E-state index in [-0.39, 0.29) is 10.7 Å².